The maximum Gasteiger partial charge on any atom is 0.124 e. The summed E-state index contributed by atoms with van der Waals surface area (Å²) in [6.07, 6.45) is 5.69. The van der Waals surface area contributed by atoms with E-state index >= 15 is 0 Å². The van der Waals surface area contributed by atoms with Crippen LogP contribution in [0, 0.1) is 5.82 Å². The minimum Gasteiger partial charge on any atom is -0.330 e. The van der Waals surface area contributed by atoms with E-state index in [0.717, 1.165) is 24.2 Å². The van der Waals surface area contributed by atoms with Crippen LogP contribution in [0.15, 0.2) is 30.6 Å². The Bertz CT molecular complexity index is 508. The van der Waals surface area contributed by atoms with Crippen molar-refractivity contribution in [3.8, 4) is 0 Å². The second-order valence-corrected chi connectivity index (χ2v) is 4.36. The van der Waals surface area contributed by atoms with E-state index < -0.39 is 0 Å². The summed E-state index contributed by atoms with van der Waals surface area (Å²) >= 11 is 6.00. The molecule has 0 unspecified atom stereocenters. The molecule has 0 spiro atoms. The molecule has 0 bridgehead atoms. The lowest BCUT2D eigenvalue weighted by Crippen LogP contribution is -2.04. The van der Waals surface area contributed by atoms with Crippen molar-refractivity contribution in [1.29, 1.82) is 0 Å². The number of benzene rings is 1. The second-order valence-electron chi connectivity index (χ2n) is 3.96. The zero-order valence-corrected chi connectivity index (χ0v) is 10.4. The van der Waals surface area contributed by atoms with Crippen LogP contribution in [-0.2, 0) is 13.0 Å². The molecule has 0 atom stereocenters. The highest BCUT2D eigenvalue weighted by Crippen LogP contribution is 2.19. The molecule has 2 aromatic rings. The van der Waals surface area contributed by atoms with Gasteiger partial charge in [0, 0.05) is 23.8 Å². The average Bonchev–Trinajstić information content (AvgIpc) is 2.71. The molecule has 0 N–H and O–H groups in total. The van der Waals surface area contributed by atoms with Crippen LogP contribution in [0.4, 0.5) is 4.39 Å². The van der Waals surface area contributed by atoms with Crippen LogP contribution in [0.3, 0.4) is 0 Å². The van der Waals surface area contributed by atoms with Gasteiger partial charge in [0.05, 0.1) is 6.54 Å². The Morgan fingerprint density at radius 2 is 2.24 bits per heavy atom. The van der Waals surface area contributed by atoms with Gasteiger partial charge in [0.15, 0.2) is 0 Å². The number of halogens is 2. The monoisotopic (exact) mass is 252 g/mol. The predicted molar refractivity (Wildman–Crippen MR) is 66.7 cm³/mol. The fraction of sp³-hybridized carbons (Fsp3) is 0.308. The van der Waals surface area contributed by atoms with Crippen molar-refractivity contribution in [3.63, 3.8) is 0 Å². The van der Waals surface area contributed by atoms with Gasteiger partial charge in [-0.05, 0) is 24.1 Å². The first-order valence-corrected chi connectivity index (χ1v) is 6.02. The van der Waals surface area contributed by atoms with Crippen molar-refractivity contribution >= 4 is 11.6 Å². The highest BCUT2D eigenvalue weighted by Gasteiger charge is 2.06. The molecule has 1 aromatic heterocycles. The molecule has 2 nitrogen and oxygen atoms in total. The number of hydrogen-bond donors (Lipinski definition) is 0. The first-order valence-electron chi connectivity index (χ1n) is 5.64. The Hall–Kier alpha value is -1.35. The van der Waals surface area contributed by atoms with E-state index in [2.05, 4.69) is 11.9 Å². The van der Waals surface area contributed by atoms with Crippen molar-refractivity contribution < 1.29 is 4.39 Å². The van der Waals surface area contributed by atoms with Gasteiger partial charge in [0.25, 0.3) is 0 Å². The fourth-order valence-corrected chi connectivity index (χ4v) is 2.00. The lowest BCUT2D eigenvalue weighted by Gasteiger charge is -2.08. The lowest BCUT2D eigenvalue weighted by molar-refractivity contribution is 0.625. The summed E-state index contributed by atoms with van der Waals surface area (Å²) < 4.78 is 15.0. The number of aryl methyl sites for hydroxylation is 1. The largest absolute Gasteiger partial charge is 0.330 e. The fourth-order valence-electron chi connectivity index (χ4n) is 1.77. The normalized spacial score (nSPS) is 10.8. The molecule has 2 rings (SSSR count). The van der Waals surface area contributed by atoms with E-state index in [1.807, 2.05) is 10.8 Å². The first-order chi connectivity index (χ1) is 8.20. The van der Waals surface area contributed by atoms with Crippen LogP contribution in [0.1, 0.15) is 24.7 Å². The summed E-state index contributed by atoms with van der Waals surface area (Å²) in [5, 5.41) is 0.459. The molecule has 90 valence electrons. The van der Waals surface area contributed by atoms with Gasteiger partial charge >= 0.3 is 0 Å². The van der Waals surface area contributed by atoms with Crippen molar-refractivity contribution in [2.45, 2.75) is 26.3 Å². The van der Waals surface area contributed by atoms with E-state index in [0.29, 0.717) is 11.6 Å². The SMILES string of the molecule is CCCc1nccn1Cc1ccc(F)cc1Cl. The molecule has 0 saturated heterocycles. The van der Waals surface area contributed by atoms with E-state index in [9.17, 15) is 4.39 Å². The van der Waals surface area contributed by atoms with Crippen LogP contribution >= 0.6 is 11.6 Å². The van der Waals surface area contributed by atoms with Crippen molar-refractivity contribution in [2.75, 3.05) is 0 Å². The summed E-state index contributed by atoms with van der Waals surface area (Å²) in [6.45, 7) is 2.75. The van der Waals surface area contributed by atoms with Crippen LogP contribution in [0.5, 0.6) is 0 Å². The average molecular weight is 253 g/mol. The summed E-state index contributed by atoms with van der Waals surface area (Å²) in [5.74, 6) is 0.728. The lowest BCUT2D eigenvalue weighted by atomic mass is 10.2. The summed E-state index contributed by atoms with van der Waals surface area (Å²) in [5.41, 5.74) is 0.906. The predicted octanol–water partition coefficient (Wildman–Crippen LogP) is 3.68. The maximum absolute atomic E-state index is 12.9. The van der Waals surface area contributed by atoms with Gasteiger partial charge in [-0.15, -0.1) is 0 Å². The Balaban J connectivity index is 2.22. The molecule has 1 aromatic carbocycles. The maximum atomic E-state index is 12.9. The third-order valence-corrected chi connectivity index (χ3v) is 2.98. The summed E-state index contributed by atoms with van der Waals surface area (Å²) in [7, 11) is 0. The molecule has 4 heteroatoms. The Morgan fingerprint density at radius 1 is 1.41 bits per heavy atom. The summed E-state index contributed by atoms with van der Waals surface area (Å²) in [6, 6.07) is 4.48. The van der Waals surface area contributed by atoms with E-state index in [4.69, 9.17) is 11.6 Å². The van der Waals surface area contributed by atoms with Crippen LogP contribution in [0.2, 0.25) is 5.02 Å². The number of hydrogen-bond acceptors (Lipinski definition) is 1. The minimum atomic E-state index is -0.307. The smallest absolute Gasteiger partial charge is 0.124 e. The van der Waals surface area contributed by atoms with Gasteiger partial charge in [-0.3, -0.25) is 0 Å². The third-order valence-electron chi connectivity index (χ3n) is 2.63. The van der Waals surface area contributed by atoms with Crippen LogP contribution < -0.4 is 0 Å². The Labute approximate surface area is 105 Å². The van der Waals surface area contributed by atoms with Crippen molar-refractivity contribution in [1.82, 2.24) is 9.55 Å². The molecule has 0 fully saturated rings. The van der Waals surface area contributed by atoms with Gasteiger partial charge in [-0.2, -0.15) is 0 Å². The van der Waals surface area contributed by atoms with Gasteiger partial charge in [-0.25, -0.2) is 9.37 Å². The molecule has 0 amide bonds. The van der Waals surface area contributed by atoms with Gasteiger partial charge in [0.1, 0.15) is 11.6 Å². The van der Waals surface area contributed by atoms with Crippen LogP contribution in [-0.4, -0.2) is 9.55 Å². The highest BCUT2D eigenvalue weighted by atomic mass is 35.5. The molecule has 0 radical (unpaired) electrons. The number of aromatic nitrogens is 2. The van der Waals surface area contributed by atoms with Gasteiger partial charge < -0.3 is 4.57 Å². The van der Waals surface area contributed by atoms with E-state index in [1.165, 1.54) is 12.1 Å². The molecule has 17 heavy (non-hydrogen) atoms. The molecular weight excluding hydrogens is 239 g/mol. The van der Waals surface area contributed by atoms with Crippen molar-refractivity contribution in [3.05, 3.63) is 52.8 Å². The molecule has 0 aliphatic carbocycles. The minimum absolute atomic E-state index is 0.307. The first kappa shape index (κ1) is 12.1. The number of nitrogens with zero attached hydrogens (tertiary/aromatic N) is 2. The van der Waals surface area contributed by atoms with Gasteiger partial charge in [0.2, 0.25) is 0 Å². The molecular formula is C13H14ClFN2. The van der Waals surface area contributed by atoms with Crippen LogP contribution in [0.25, 0.3) is 0 Å². The molecule has 0 aliphatic rings. The molecule has 0 saturated carbocycles. The van der Waals surface area contributed by atoms with Crippen molar-refractivity contribution in [2.24, 2.45) is 0 Å². The Kier molecular flexibility index (Phi) is 3.79. The zero-order chi connectivity index (χ0) is 12.3. The van der Waals surface area contributed by atoms with E-state index in [-0.39, 0.29) is 5.82 Å². The standard InChI is InChI=1S/C13H14ClFN2/c1-2-3-13-16-6-7-17(13)9-10-4-5-11(15)8-12(10)14/h4-8H,2-3,9H2,1H3. The molecule has 0 aliphatic heterocycles. The highest BCUT2D eigenvalue weighted by molar-refractivity contribution is 6.31. The topological polar surface area (TPSA) is 17.8 Å². The molecule has 1 heterocycles. The van der Waals surface area contributed by atoms with Gasteiger partial charge in [-0.1, -0.05) is 24.6 Å². The van der Waals surface area contributed by atoms with E-state index in [1.54, 1.807) is 12.3 Å². The second kappa shape index (κ2) is 5.32. The Morgan fingerprint density at radius 3 is 2.94 bits per heavy atom. The quantitative estimate of drug-likeness (QED) is 0.812. The third kappa shape index (κ3) is 2.86. The number of rotatable bonds is 4. The number of imidazole rings is 1. The summed E-state index contributed by atoms with van der Waals surface area (Å²) in [4.78, 5) is 4.30. The zero-order valence-electron chi connectivity index (χ0n) is 9.66.